The van der Waals surface area contributed by atoms with Gasteiger partial charge < -0.3 is 5.32 Å². The molecule has 0 atom stereocenters. The van der Waals surface area contributed by atoms with E-state index >= 15 is 0 Å². The second-order valence-corrected chi connectivity index (χ2v) is 3.60. The molecule has 0 bridgehead atoms. The molecule has 1 amide bonds. The van der Waals surface area contributed by atoms with Crippen LogP contribution in [0.1, 0.15) is 30.5 Å². The zero-order valence-electron chi connectivity index (χ0n) is 9.55. The molecule has 2 nitrogen and oxygen atoms in total. The van der Waals surface area contributed by atoms with Crippen LogP contribution in [0.4, 0.5) is 5.69 Å². The molecule has 0 spiro atoms. The van der Waals surface area contributed by atoms with E-state index in [0.717, 1.165) is 17.7 Å². The van der Waals surface area contributed by atoms with E-state index < -0.39 is 0 Å². The van der Waals surface area contributed by atoms with Gasteiger partial charge in [-0.05, 0) is 36.1 Å². The van der Waals surface area contributed by atoms with Crippen LogP contribution in [0.5, 0.6) is 0 Å². The van der Waals surface area contributed by atoms with Crippen molar-refractivity contribution in [2.45, 2.75) is 27.2 Å². The summed E-state index contributed by atoms with van der Waals surface area (Å²) in [4.78, 5) is 11.1. The summed E-state index contributed by atoms with van der Waals surface area (Å²) in [5, 5.41) is 2.85. The van der Waals surface area contributed by atoms with Crippen LogP contribution < -0.4 is 5.32 Å². The first-order chi connectivity index (χ1) is 7.08. The van der Waals surface area contributed by atoms with E-state index in [1.165, 1.54) is 18.1 Å². The number of anilines is 1. The van der Waals surface area contributed by atoms with E-state index in [1.807, 2.05) is 6.07 Å². The van der Waals surface area contributed by atoms with Crippen molar-refractivity contribution in [2.75, 3.05) is 5.32 Å². The monoisotopic (exact) mass is 203 g/mol. The molecular formula is C13H17NO. The first-order valence-corrected chi connectivity index (χ1v) is 5.12. The summed E-state index contributed by atoms with van der Waals surface area (Å²) in [5.41, 5.74) is 4.32. The number of aryl methyl sites for hydroxylation is 1. The fourth-order valence-corrected chi connectivity index (χ4v) is 1.73. The average Bonchev–Trinajstić information content (AvgIpc) is 2.16. The van der Waals surface area contributed by atoms with Crippen molar-refractivity contribution >= 4 is 17.7 Å². The maximum Gasteiger partial charge on any atom is 0.221 e. The van der Waals surface area contributed by atoms with Gasteiger partial charge in [0.2, 0.25) is 5.91 Å². The van der Waals surface area contributed by atoms with E-state index in [9.17, 15) is 4.79 Å². The molecule has 0 unspecified atom stereocenters. The second kappa shape index (κ2) is 4.78. The van der Waals surface area contributed by atoms with Crippen molar-refractivity contribution in [3.05, 3.63) is 35.4 Å². The molecule has 0 heterocycles. The smallest absolute Gasteiger partial charge is 0.221 e. The zero-order valence-corrected chi connectivity index (χ0v) is 9.55. The highest BCUT2D eigenvalue weighted by Crippen LogP contribution is 2.23. The Kier molecular flexibility index (Phi) is 3.67. The largest absolute Gasteiger partial charge is 0.326 e. The first-order valence-electron chi connectivity index (χ1n) is 5.12. The minimum Gasteiger partial charge on any atom is -0.326 e. The number of carbonyl (C=O) groups is 1. The van der Waals surface area contributed by atoms with Gasteiger partial charge in [0.15, 0.2) is 0 Å². The lowest BCUT2D eigenvalue weighted by Crippen LogP contribution is -2.09. The molecule has 80 valence electrons. The highest BCUT2D eigenvalue weighted by atomic mass is 16.1. The molecule has 1 N–H and O–H groups in total. The molecule has 0 saturated heterocycles. The number of rotatable bonds is 3. The molecular weight excluding hydrogens is 186 g/mol. The lowest BCUT2D eigenvalue weighted by molar-refractivity contribution is -0.114. The van der Waals surface area contributed by atoms with Gasteiger partial charge in [0.05, 0.1) is 0 Å². The predicted molar refractivity (Wildman–Crippen MR) is 65.0 cm³/mol. The van der Waals surface area contributed by atoms with Crippen LogP contribution in [0.15, 0.2) is 18.7 Å². The van der Waals surface area contributed by atoms with Crippen molar-refractivity contribution < 1.29 is 4.79 Å². The molecule has 2 heteroatoms. The molecule has 0 saturated carbocycles. The summed E-state index contributed by atoms with van der Waals surface area (Å²) in [6, 6.07) is 4.04. The Labute approximate surface area is 91.0 Å². The van der Waals surface area contributed by atoms with Crippen LogP contribution in [0.2, 0.25) is 0 Å². The van der Waals surface area contributed by atoms with Crippen LogP contribution in [-0.4, -0.2) is 5.91 Å². The molecule has 1 aromatic carbocycles. The summed E-state index contributed by atoms with van der Waals surface area (Å²) in [6.45, 7) is 9.40. The highest BCUT2D eigenvalue weighted by Gasteiger charge is 2.06. The summed E-state index contributed by atoms with van der Waals surface area (Å²) in [5.74, 6) is -0.0367. The summed E-state index contributed by atoms with van der Waals surface area (Å²) in [7, 11) is 0. The number of hydrogen-bond donors (Lipinski definition) is 1. The van der Waals surface area contributed by atoms with Crippen molar-refractivity contribution in [2.24, 2.45) is 0 Å². The zero-order chi connectivity index (χ0) is 11.4. The van der Waals surface area contributed by atoms with Gasteiger partial charge in [-0.1, -0.05) is 25.6 Å². The third-order valence-electron chi connectivity index (χ3n) is 2.40. The Morgan fingerprint density at radius 2 is 2.20 bits per heavy atom. The fraction of sp³-hybridized carbons (Fsp3) is 0.308. The Hall–Kier alpha value is -1.57. The maximum atomic E-state index is 11.1. The molecule has 1 rings (SSSR count). The minimum atomic E-state index is -0.0367. The van der Waals surface area contributed by atoms with Gasteiger partial charge in [0.1, 0.15) is 0 Å². The average molecular weight is 203 g/mol. The number of nitrogens with one attached hydrogen (secondary N) is 1. The van der Waals surface area contributed by atoms with Gasteiger partial charge in [0.25, 0.3) is 0 Å². The second-order valence-electron chi connectivity index (χ2n) is 3.60. The topological polar surface area (TPSA) is 29.1 Å². The molecule has 0 aliphatic heterocycles. The van der Waals surface area contributed by atoms with Crippen LogP contribution in [0.25, 0.3) is 6.08 Å². The quantitative estimate of drug-likeness (QED) is 0.803. The Bertz CT molecular complexity index is 394. The summed E-state index contributed by atoms with van der Waals surface area (Å²) < 4.78 is 0. The first kappa shape index (κ1) is 11.5. The number of hydrogen-bond acceptors (Lipinski definition) is 1. The fourth-order valence-electron chi connectivity index (χ4n) is 1.73. The molecule has 0 aliphatic carbocycles. The molecule has 15 heavy (non-hydrogen) atoms. The van der Waals surface area contributed by atoms with E-state index in [-0.39, 0.29) is 5.91 Å². The summed E-state index contributed by atoms with van der Waals surface area (Å²) in [6.07, 6.45) is 2.70. The maximum absolute atomic E-state index is 11.1. The molecule has 0 fully saturated rings. The lowest BCUT2D eigenvalue weighted by atomic mass is 10.0. The normalized spacial score (nSPS) is 9.80. The van der Waals surface area contributed by atoms with Crippen LogP contribution in [0.3, 0.4) is 0 Å². The van der Waals surface area contributed by atoms with Crippen molar-refractivity contribution in [1.29, 1.82) is 0 Å². The predicted octanol–water partition coefficient (Wildman–Crippen LogP) is 3.16. The van der Waals surface area contributed by atoms with Gasteiger partial charge in [-0.15, -0.1) is 0 Å². The molecule has 0 radical (unpaired) electrons. The Balaban J connectivity index is 3.25. The third-order valence-corrected chi connectivity index (χ3v) is 2.40. The van der Waals surface area contributed by atoms with Crippen LogP contribution >= 0.6 is 0 Å². The molecule has 1 aromatic rings. The third kappa shape index (κ3) is 2.69. The van der Waals surface area contributed by atoms with Crippen LogP contribution in [0, 0.1) is 6.92 Å². The Morgan fingerprint density at radius 3 is 2.67 bits per heavy atom. The SMILES string of the molecule is C=Cc1cc(C)c(CC)c(NC(C)=O)c1. The van der Waals surface area contributed by atoms with Crippen molar-refractivity contribution in [3.63, 3.8) is 0 Å². The number of amides is 1. The lowest BCUT2D eigenvalue weighted by Gasteiger charge is -2.12. The molecule has 0 aliphatic rings. The van der Waals surface area contributed by atoms with Gasteiger partial charge in [-0.3, -0.25) is 4.79 Å². The standard InChI is InChI=1S/C13H17NO/c1-5-11-7-9(3)12(6-2)13(8-11)14-10(4)15/h5,7-8H,1,6H2,2-4H3,(H,14,15). The Morgan fingerprint density at radius 1 is 1.53 bits per heavy atom. The summed E-state index contributed by atoms with van der Waals surface area (Å²) >= 11 is 0. The van der Waals surface area contributed by atoms with Gasteiger partial charge in [0, 0.05) is 12.6 Å². The van der Waals surface area contributed by atoms with E-state index in [1.54, 1.807) is 6.08 Å². The number of carbonyl (C=O) groups excluding carboxylic acids is 1. The number of benzene rings is 1. The molecule has 0 aromatic heterocycles. The van der Waals surface area contributed by atoms with Gasteiger partial charge in [-0.2, -0.15) is 0 Å². The van der Waals surface area contributed by atoms with Crippen LogP contribution in [-0.2, 0) is 11.2 Å². The van der Waals surface area contributed by atoms with E-state index in [0.29, 0.717) is 0 Å². The van der Waals surface area contributed by atoms with Gasteiger partial charge >= 0.3 is 0 Å². The van der Waals surface area contributed by atoms with Crippen molar-refractivity contribution in [1.82, 2.24) is 0 Å². The highest BCUT2D eigenvalue weighted by molar-refractivity contribution is 5.90. The minimum absolute atomic E-state index is 0.0367. The van der Waals surface area contributed by atoms with E-state index in [2.05, 4.69) is 31.8 Å². The van der Waals surface area contributed by atoms with Crippen molar-refractivity contribution in [3.8, 4) is 0 Å². The van der Waals surface area contributed by atoms with E-state index in [4.69, 9.17) is 0 Å². The van der Waals surface area contributed by atoms with Gasteiger partial charge in [-0.25, -0.2) is 0 Å².